The van der Waals surface area contributed by atoms with Crippen LogP contribution in [0.3, 0.4) is 0 Å². The molecular formula is C21H22N4O2S2. The second-order valence-electron chi connectivity index (χ2n) is 6.80. The Labute approximate surface area is 177 Å². The van der Waals surface area contributed by atoms with E-state index < -0.39 is 0 Å². The van der Waals surface area contributed by atoms with Gasteiger partial charge < -0.3 is 15.1 Å². The third-order valence-corrected chi connectivity index (χ3v) is 7.08. The minimum Gasteiger partial charge on any atom is -0.368 e. The molecule has 3 heterocycles. The maximum atomic E-state index is 12.6. The summed E-state index contributed by atoms with van der Waals surface area (Å²) >= 11 is 2.96. The molecule has 8 heteroatoms. The lowest BCUT2D eigenvalue weighted by Gasteiger charge is -2.36. The van der Waals surface area contributed by atoms with E-state index in [-0.39, 0.29) is 18.4 Å². The Morgan fingerprint density at radius 1 is 1.07 bits per heavy atom. The van der Waals surface area contributed by atoms with Gasteiger partial charge in [0.2, 0.25) is 5.91 Å². The normalized spacial score (nSPS) is 14.1. The maximum absolute atomic E-state index is 12.6. The fourth-order valence-electron chi connectivity index (χ4n) is 3.31. The highest BCUT2D eigenvalue weighted by atomic mass is 32.1. The average molecular weight is 427 g/mol. The van der Waals surface area contributed by atoms with Gasteiger partial charge >= 0.3 is 0 Å². The number of nitrogens with zero attached hydrogens (tertiary/aromatic N) is 3. The number of thiophene rings is 1. The first-order valence-electron chi connectivity index (χ1n) is 9.49. The van der Waals surface area contributed by atoms with E-state index in [0.717, 1.165) is 23.0 Å². The van der Waals surface area contributed by atoms with Gasteiger partial charge in [0.05, 0.1) is 17.1 Å². The first-order chi connectivity index (χ1) is 14.1. The van der Waals surface area contributed by atoms with Gasteiger partial charge in [-0.25, -0.2) is 4.98 Å². The number of para-hydroxylation sites is 1. The molecular weight excluding hydrogens is 404 g/mol. The number of thiazole rings is 1. The second-order valence-corrected chi connectivity index (χ2v) is 8.74. The maximum Gasteiger partial charge on any atom is 0.263 e. The van der Waals surface area contributed by atoms with Crippen LogP contribution in [0.2, 0.25) is 0 Å². The lowest BCUT2D eigenvalue weighted by Crippen LogP contribution is -2.51. The van der Waals surface area contributed by atoms with E-state index in [1.165, 1.54) is 17.0 Å². The number of benzene rings is 1. The van der Waals surface area contributed by atoms with Crippen molar-refractivity contribution in [2.45, 2.75) is 6.92 Å². The van der Waals surface area contributed by atoms with Crippen molar-refractivity contribution in [1.29, 1.82) is 0 Å². The van der Waals surface area contributed by atoms with Crippen LogP contribution in [0.5, 0.6) is 0 Å². The number of amides is 2. The van der Waals surface area contributed by atoms with Gasteiger partial charge in [-0.1, -0.05) is 24.3 Å². The molecule has 1 aromatic carbocycles. The lowest BCUT2D eigenvalue weighted by molar-refractivity contribution is -0.130. The Balaban J connectivity index is 1.29. The Hall–Kier alpha value is -2.71. The van der Waals surface area contributed by atoms with Gasteiger partial charge in [0.1, 0.15) is 9.88 Å². The molecule has 0 radical (unpaired) electrons. The largest absolute Gasteiger partial charge is 0.368 e. The van der Waals surface area contributed by atoms with Crippen LogP contribution in [0.25, 0.3) is 9.88 Å². The van der Waals surface area contributed by atoms with E-state index in [1.54, 1.807) is 11.3 Å². The van der Waals surface area contributed by atoms with Crippen molar-refractivity contribution in [3.63, 3.8) is 0 Å². The summed E-state index contributed by atoms with van der Waals surface area (Å²) in [6.07, 6.45) is 0. The summed E-state index contributed by atoms with van der Waals surface area (Å²) in [4.78, 5) is 35.3. The van der Waals surface area contributed by atoms with Crippen LogP contribution in [0.4, 0.5) is 5.69 Å². The third-order valence-electron chi connectivity index (χ3n) is 4.89. The molecule has 2 aromatic heterocycles. The predicted octanol–water partition coefficient (Wildman–Crippen LogP) is 3.26. The first kappa shape index (κ1) is 19.6. The summed E-state index contributed by atoms with van der Waals surface area (Å²) < 4.78 is 0. The number of anilines is 1. The highest BCUT2D eigenvalue weighted by Crippen LogP contribution is 2.30. The monoisotopic (exact) mass is 426 g/mol. The molecule has 0 aliphatic carbocycles. The van der Waals surface area contributed by atoms with Crippen molar-refractivity contribution in [2.24, 2.45) is 0 Å². The van der Waals surface area contributed by atoms with Crippen molar-refractivity contribution in [3.05, 3.63) is 58.4 Å². The number of hydrogen-bond acceptors (Lipinski definition) is 6. The zero-order valence-corrected chi connectivity index (χ0v) is 17.8. The van der Waals surface area contributed by atoms with Crippen molar-refractivity contribution in [2.75, 3.05) is 37.6 Å². The molecule has 1 aliphatic rings. The number of aromatic nitrogens is 1. The van der Waals surface area contributed by atoms with Gasteiger partial charge in [-0.3, -0.25) is 9.59 Å². The molecule has 29 heavy (non-hydrogen) atoms. The molecule has 0 unspecified atom stereocenters. The minimum absolute atomic E-state index is 0.00977. The molecule has 0 atom stereocenters. The molecule has 1 saturated heterocycles. The molecule has 2 amide bonds. The van der Waals surface area contributed by atoms with Gasteiger partial charge in [-0.15, -0.1) is 22.7 Å². The van der Waals surface area contributed by atoms with Crippen molar-refractivity contribution < 1.29 is 9.59 Å². The summed E-state index contributed by atoms with van der Waals surface area (Å²) in [6, 6.07) is 14.2. The topological polar surface area (TPSA) is 65.5 Å². The van der Waals surface area contributed by atoms with Crippen LogP contribution >= 0.6 is 22.7 Å². The summed E-state index contributed by atoms with van der Waals surface area (Å²) in [6.45, 7) is 4.74. The second kappa shape index (κ2) is 8.75. The van der Waals surface area contributed by atoms with Gasteiger partial charge in [-0.2, -0.15) is 0 Å². The van der Waals surface area contributed by atoms with Crippen LogP contribution in [-0.4, -0.2) is 54.4 Å². The smallest absolute Gasteiger partial charge is 0.263 e. The fraction of sp³-hybridized carbons (Fsp3) is 0.286. The van der Waals surface area contributed by atoms with Crippen LogP contribution in [-0.2, 0) is 4.79 Å². The van der Waals surface area contributed by atoms with E-state index in [2.05, 4.69) is 27.3 Å². The number of rotatable bonds is 5. The molecule has 150 valence electrons. The van der Waals surface area contributed by atoms with Crippen LogP contribution in [0, 0.1) is 6.92 Å². The molecule has 0 bridgehead atoms. The van der Waals surface area contributed by atoms with Crippen LogP contribution in [0.1, 0.15) is 15.4 Å². The molecule has 3 aromatic rings. The van der Waals surface area contributed by atoms with Crippen molar-refractivity contribution in [3.8, 4) is 9.88 Å². The highest BCUT2D eigenvalue weighted by molar-refractivity contribution is 7.22. The number of carbonyl (C=O) groups excluding carboxylic acids is 2. The van der Waals surface area contributed by atoms with E-state index in [9.17, 15) is 9.59 Å². The summed E-state index contributed by atoms with van der Waals surface area (Å²) in [5, 5.41) is 5.60. The zero-order chi connectivity index (χ0) is 20.2. The SMILES string of the molecule is Cc1nc(-c2cccs2)sc1C(=O)NCC(=O)N1CCN(c2ccccc2)CC1. The predicted molar refractivity (Wildman–Crippen MR) is 118 cm³/mol. The van der Waals surface area contributed by atoms with E-state index >= 15 is 0 Å². The van der Waals surface area contributed by atoms with Gasteiger partial charge in [0, 0.05) is 31.9 Å². The van der Waals surface area contributed by atoms with E-state index in [1.807, 2.05) is 47.5 Å². The van der Waals surface area contributed by atoms with Crippen LogP contribution < -0.4 is 10.2 Å². The Morgan fingerprint density at radius 2 is 1.83 bits per heavy atom. The molecule has 1 N–H and O–H groups in total. The highest BCUT2D eigenvalue weighted by Gasteiger charge is 2.23. The molecule has 0 saturated carbocycles. The quantitative estimate of drug-likeness (QED) is 0.680. The molecule has 1 fully saturated rings. The summed E-state index contributed by atoms with van der Waals surface area (Å²) in [5.41, 5.74) is 1.87. The standard InChI is InChI=1S/C21H22N4O2S2/c1-15-19(29-21(23-15)17-8-5-13-28-17)20(27)22-14-18(26)25-11-9-24(10-12-25)16-6-3-2-4-7-16/h2-8,13H,9-12,14H2,1H3,(H,22,27). The average Bonchev–Trinajstić information content (AvgIpc) is 3.42. The van der Waals surface area contributed by atoms with E-state index in [4.69, 9.17) is 0 Å². The summed E-state index contributed by atoms with van der Waals surface area (Å²) in [7, 11) is 0. The Bertz CT molecular complexity index is 978. The van der Waals surface area contributed by atoms with Crippen molar-refractivity contribution in [1.82, 2.24) is 15.2 Å². The zero-order valence-electron chi connectivity index (χ0n) is 16.1. The fourth-order valence-corrected chi connectivity index (χ4v) is 5.09. The number of piperazine rings is 1. The Kier molecular flexibility index (Phi) is 5.92. The molecule has 4 rings (SSSR count). The van der Waals surface area contributed by atoms with Crippen LogP contribution in [0.15, 0.2) is 47.8 Å². The summed E-state index contributed by atoms with van der Waals surface area (Å²) in [5.74, 6) is -0.286. The van der Waals surface area contributed by atoms with Gasteiger partial charge in [-0.05, 0) is 30.5 Å². The number of hydrogen-bond donors (Lipinski definition) is 1. The van der Waals surface area contributed by atoms with Gasteiger partial charge in [0.15, 0.2) is 0 Å². The number of aryl methyl sites for hydroxylation is 1. The lowest BCUT2D eigenvalue weighted by atomic mass is 10.2. The van der Waals surface area contributed by atoms with Gasteiger partial charge in [0.25, 0.3) is 5.91 Å². The number of nitrogens with one attached hydrogen (secondary N) is 1. The molecule has 1 aliphatic heterocycles. The number of carbonyl (C=O) groups is 2. The van der Waals surface area contributed by atoms with E-state index in [0.29, 0.717) is 23.7 Å². The van der Waals surface area contributed by atoms with Crippen molar-refractivity contribution >= 4 is 40.2 Å². The minimum atomic E-state index is -0.237. The molecule has 6 nitrogen and oxygen atoms in total. The first-order valence-corrected chi connectivity index (χ1v) is 11.2. The molecule has 0 spiro atoms. The third kappa shape index (κ3) is 4.49. The Morgan fingerprint density at radius 3 is 2.52 bits per heavy atom.